The second-order valence-electron chi connectivity index (χ2n) is 7.47. The Morgan fingerprint density at radius 2 is 1.97 bits per heavy atom. The molecule has 2 amide bonds. The van der Waals surface area contributed by atoms with Gasteiger partial charge in [-0.15, -0.1) is 0 Å². The molecule has 0 aliphatic carbocycles. The Hall–Kier alpha value is -3.41. The summed E-state index contributed by atoms with van der Waals surface area (Å²) < 4.78 is 13.9. The molecule has 5 nitrogen and oxygen atoms in total. The molecule has 2 aromatic rings. The average Bonchev–Trinajstić information content (AvgIpc) is 2.88. The largest absolute Gasteiger partial charge is 0.374 e. The van der Waals surface area contributed by atoms with Crippen molar-refractivity contribution in [2.75, 3.05) is 12.4 Å². The summed E-state index contributed by atoms with van der Waals surface area (Å²) in [6, 6.07) is 13.6. The summed E-state index contributed by atoms with van der Waals surface area (Å²) in [6.45, 7) is 6.03. The van der Waals surface area contributed by atoms with Crippen molar-refractivity contribution in [2.24, 2.45) is 0 Å². The van der Waals surface area contributed by atoms with E-state index in [1.807, 2.05) is 43.1 Å². The van der Waals surface area contributed by atoms with Crippen LogP contribution in [0, 0.1) is 5.82 Å². The number of benzene rings is 2. The highest BCUT2D eigenvalue weighted by molar-refractivity contribution is 6.02. The van der Waals surface area contributed by atoms with Crippen molar-refractivity contribution >= 4 is 17.5 Å². The van der Waals surface area contributed by atoms with Gasteiger partial charge < -0.3 is 15.5 Å². The molecule has 1 heterocycles. The highest BCUT2D eigenvalue weighted by Crippen LogP contribution is 2.21. The summed E-state index contributed by atoms with van der Waals surface area (Å²) in [5.41, 5.74) is 3.39. The zero-order valence-electron chi connectivity index (χ0n) is 17.2. The topological polar surface area (TPSA) is 61.4 Å². The number of fused-ring (bicyclic) bond motifs is 1. The third-order valence-electron chi connectivity index (χ3n) is 5.24. The van der Waals surface area contributed by atoms with E-state index in [-0.39, 0.29) is 17.3 Å². The number of aryl methyl sites for hydroxylation is 1. The number of rotatable bonds is 6. The van der Waals surface area contributed by atoms with E-state index in [4.69, 9.17) is 0 Å². The molecule has 0 saturated heterocycles. The van der Waals surface area contributed by atoms with Gasteiger partial charge in [0.05, 0.1) is 0 Å². The third-order valence-corrected chi connectivity index (χ3v) is 5.24. The van der Waals surface area contributed by atoms with Gasteiger partial charge in [0, 0.05) is 36.1 Å². The molecule has 0 spiro atoms. The predicted octanol–water partition coefficient (Wildman–Crippen LogP) is 3.79. The number of amides is 2. The molecule has 2 aromatic carbocycles. The van der Waals surface area contributed by atoms with Crippen molar-refractivity contribution in [3.05, 3.63) is 89.4 Å². The molecule has 0 unspecified atom stereocenters. The molecule has 0 aromatic heterocycles. The van der Waals surface area contributed by atoms with Crippen LogP contribution >= 0.6 is 0 Å². The highest BCUT2D eigenvalue weighted by Gasteiger charge is 2.25. The number of hydrogen-bond donors (Lipinski definition) is 2. The van der Waals surface area contributed by atoms with Gasteiger partial charge in [-0.3, -0.25) is 9.59 Å². The zero-order valence-corrected chi connectivity index (χ0v) is 17.2. The van der Waals surface area contributed by atoms with E-state index in [0.29, 0.717) is 24.9 Å². The number of para-hydroxylation sites is 1. The van der Waals surface area contributed by atoms with Gasteiger partial charge in [-0.2, -0.15) is 0 Å². The average molecular weight is 407 g/mol. The van der Waals surface area contributed by atoms with Gasteiger partial charge in [-0.25, -0.2) is 4.39 Å². The molecule has 30 heavy (non-hydrogen) atoms. The molecular formula is C24H26FN3O2. The number of carbonyl (C=O) groups is 2. The van der Waals surface area contributed by atoms with E-state index in [2.05, 4.69) is 17.2 Å². The van der Waals surface area contributed by atoms with Crippen molar-refractivity contribution < 1.29 is 14.0 Å². The van der Waals surface area contributed by atoms with Crippen LogP contribution in [-0.2, 0) is 22.6 Å². The standard InChI is InChI=1S/C24H26FN3O2/c1-16(14-17(2)28(3)15-19-9-4-6-10-20(19)25)23(29)27-22-13-12-18-8-5-7-11-21(18)26-24(22)30/h4-11,14,22H,1,12-13,15H2,2-3H3,(H,26,30)(H,27,29)/b17-14-/t22-/m0/s1. The number of nitrogens with one attached hydrogen (secondary N) is 2. The molecule has 156 valence electrons. The van der Waals surface area contributed by atoms with Crippen molar-refractivity contribution in [1.29, 1.82) is 0 Å². The Kier molecular flexibility index (Phi) is 6.67. The van der Waals surface area contributed by atoms with Gasteiger partial charge in [-0.1, -0.05) is 43.0 Å². The fraction of sp³-hybridized carbons (Fsp3) is 0.250. The van der Waals surface area contributed by atoms with Crippen LogP contribution in [0.25, 0.3) is 0 Å². The molecule has 1 atom stereocenters. The Bertz CT molecular complexity index is 999. The predicted molar refractivity (Wildman–Crippen MR) is 116 cm³/mol. The maximum atomic E-state index is 13.9. The lowest BCUT2D eigenvalue weighted by molar-refractivity contribution is -0.124. The summed E-state index contributed by atoms with van der Waals surface area (Å²) in [4.78, 5) is 26.9. The lowest BCUT2D eigenvalue weighted by Crippen LogP contribution is -2.43. The van der Waals surface area contributed by atoms with E-state index in [0.717, 1.165) is 16.9 Å². The number of nitrogens with zero attached hydrogens (tertiary/aromatic N) is 1. The monoisotopic (exact) mass is 407 g/mol. The number of carbonyl (C=O) groups excluding carboxylic acids is 2. The summed E-state index contributed by atoms with van der Waals surface area (Å²) in [7, 11) is 1.82. The minimum atomic E-state index is -0.633. The Morgan fingerprint density at radius 1 is 1.27 bits per heavy atom. The SMILES string of the molecule is C=C(/C=C(/C)N(C)Cc1ccccc1F)C(=O)N[C@H]1CCc2ccccc2NC1=O. The van der Waals surface area contributed by atoms with Crippen LogP contribution in [-0.4, -0.2) is 29.8 Å². The summed E-state index contributed by atoms with van der Waals surface area (Å²) in [5.74, 6) is -0.910. The Morgan fingerprint density at radius 3 is 2.73 bits per heavy atom. The Labute approximate surface area is 176 Å². The maximum Gasteiger partial charge on any atom is 0.251 e. The van der Waals surface area contributed by atoms with Gasteiger partial charge in [0.2, 0.25) is 5.91 Å². The minimum Gasteiger partial charge on any atom is -0.374 e. The molecular weight excluding hydrogens is 381 g/mol. The maximum absolute atomic E-state index is 13.9. The lowest BCUT2D eigenvalue weighted by atomic mass is 10.1. The van der Waals surface area contributed by atoms with E-state index in [1.54, 1.807) is 24.3 Å². The molecule has 0 radical (unpaired) electrons. The first-order valence-corrected chi connectivity index (χ1v) is 9.86. The van der Waals surface area contributed by atoms with Crippen molar-refractivity contribution in [2.45, 2.75) is 32.4 Å². The first kappa shape index (κ1) is 21.3. The third kappa shape index (κ3) is 5.14. The molecule has 0 fully saturated rings. The van der Waals surface area contributed by atoms with E-state index < -0.39 is 11.9 Å². The van der Waals surface area contributed by atoms with E-state index in [1.165, 1.54) is 6.07 Å². The summed E-state index contributed by atoms with van der Waals surface area (Å²) in [5, 5.41) is 5.64. The fourth-order valence-corrected chi connectivity index (χ4v) is 3.33. The second kappa shape index (κ2) is 9.39. The molecule has 1 aliphatic heterocycles. The zero-order chi connectivity index (χ0) is 21.7. The van der Waals surface area contributed by atoms with Crippen LogP contribution in [0.1, 0.15) is 24.5 Å². The molecule has 1 aliphatic rings. The number of hydrogen-bond acceptors (Lipinski definition) is 3. The van der Waals surface area contributed by atoms with Crippen LogP contribution < -0.4 is 10.6 Å². The van der Waals surface area contributed by atoms with Crippen LogP contribution in [0.3, 0.4) is 0 Å². The highest BCUT2D eigenvalue weighted by atomic mass is 19.1. The van der Waals surface area contributed by atoms with Crippen LogP contribution in [0.2, 0.25) is 0 Å². The first-order valence-electron chi connectivity index (χ1n) is 9.86. The van der Waals surface area contributed by atoms with Crippen molar-refractivity contribution in [1.82, 2.24) is 10.2 Å². The summed E-state index contributed by atoms with van der Waals surface area (Å²) >= 11 is 0. The molecule has 0 bridgehead atoms. The number of anilines is 1. The van der Waals surface area contributed by atoms with Crippen LogP contribution in [0.15, 0.2) is 72.5 Å². The second-order valence-corrected chi connectivity index (χ2v) is 7.47. The quantitative estimate of drug-likeness (QED) is 0.566. The smallest absolute Gasteiger partial charge is 0.251 e. The van der Waals surface area contributed by atoms with Crippen molar-refractivity contribution in [3.8, 4) is 0 Å². The molecule has 6 heteroatoms. The summed E-state index contributed by atoms with van der Waals surface area (Å²) in [6.07, 6.45) is 2.84. The van der Waals surface area contributed by atoms with Crippen LogP contribution in [0.5, 0.6) is 0 Å². The van der Waals surface area contributed by atoms with Gasteiger partial charge >= 0.3 is 0 Å². The van der Waals surface area contributed by atoms with E-state index >= 15 is 0 Å². The number of halogens is 1. The van der Waals surface area contributed by atoms with Gasteiger partial charge in [0.15, 0.2) is 0 Å². The van der Waals surface area contributed by atoms with Crippen molar-refractivity contribution in [3.63, 3.8) is 0 Å². The normalized spacial score (nSPS) is 16.2. The fourth-order valence-electron chi connectivity index (χ4n) is 3.33. The first-order chi connectivity index (χ1) is 14.3. The molecule has 2 N–H and O–H groups in total. The van der Waals surface area contributed by atoms with Gasteiger partial charge in [0.25, 0.3) is 5.91 Å². The van der Waals surface area contributed by atoms with Gasteiger partial charge in [0.1, 0.15) is 11.9 Å². The van der Waals surface area contributed by atoms with E-state index in [9.17, 15) is 14.0 Å². The minimum absolute atomic E-state index is 0.238. The molecule has 0 saturated carbocycles. The Balaban J connectivity index is 1.60. The van der Waals surface area contributed by atoms with Gasteiger partial charge in [-0.05, 0) is 43.5 Å². The molecule has 3 rings (SSSR count). The van der Waals surface area contributed by atoms with Crippen LogP contribution in [0.4, 0.5) is 10.1 Å². The number of allylic oxidation sites excluding steroid dienone is 1. The lowest BCUT2D eigenvalue weighted by Gasteiger charge is -2.21.